The number of amides is 1. The minimum Gasteiger partial charge on any atom is -0.490 e. The average Bonchev–Trinajstić information content (AvgIpc) is 3.40. The van der Waals surface area contributed by atoms with E-state index in [-0.39, 0.29) is 40.8 Å². The highest BCUT2D eigenvalue weighted by Crippen LogP contribution is 2.52. The summed E-state index contributed by atoms with van der Waals surface area (Å²) in [5.41, 5.74) is 2.97. The van der Waals surface area contributed by atoms with E-state index in [1.807, 2.05) is 13.8 Å². The van der Waals surface area contributed by atoms with Crippen molar-refractivity contribution < 1.29 is 23.4 Å². The van der Waals surface area contributed by atoms with Gasteiger partial charge in [0.25, 0.3) is 5.91 Å². The molecular weight excluding hydrogens is 525 g/mol. The van der Waals surface area contributed by atoms with Crippen molar-refractivity contribution >= 4 is 11.7 Å². The number of benzene rings is 2. The molecule has 0 unspecified atom stereocenters. The van der Waals surface area contributed by atoms with Crippen LogP contribution in [0.3, 0.4) is 0 Å². The van der Waals surface area contributed by atoms with Gasteiger partial charge in [-0.2, -0.15) is 0 Å². The zero-order valence-corrected chi connectivity index (χ0v) is 23.3. The molecule has 3 aromatic rings. The Labute approximate surface area is 238 Å². The molecule has 4 heterocycles. The molecule has 2 aromatic carbocycles. The maximum atomic E-state index is 14.3. The number of morpholine rings is 1. The van der Waals surface area contributed by atoms with Crippen LogP contribution in [-0.4, -0.2) is 65.3 Å². The number of hydrogen-bond acceptors (Lipinski definition) is 8. The van der Waals surface area contributed by atoms with Gasteiger partial charge in [-0.25, -0.2) is 14.4 Å². The predicted molar refractivity (Wildman–Crippen MR) is 150 cm³/mol. The molecule has 2 saturated heterocycles. The molecule has 3 aliphatic heterocycles. The van der Waals surface area contributed by atoms with Crippen LogP contribution in [0, 0.1) is 11.2 Å². The lowest BCUT2D eigenvalue weighted by Gasteiger charge is -2.59. The summed E-state index contributed by atoms with van der Waals surface area (Å²) in [5, 5.41) is 3.40. The summed E-state index contributed by atoms with van der Waals surface area (Å²) in [6, 6.07) is 10.1. The molecule has 2 atom stereocenters. The van der Waals surface area contributed by atoms with Crippen LogP contribution in [0.25, 0.3) is 0 Å². The second kappa shape index (κ2) is 10.3. The lowest BCUT2D eigenvalue weighted by atomic mass is 9.61. The van der Waals surface area contributed by atoms with E-state index in [0.29, 0.717) is 24.8 Å². The third kappa shape index (κ3) is 4.78. The molecular formula is C31H34FN5O4. The first kappa shape index (κ1) is 26.2. The number of nitrogens with one attached hydrogen (secondary N) is 1. The number of carbonyl (C=O) groups excluding carboxylic acids is 1. The second-order valence-corrected chi connectivity index (χ2v) is 11.9. The van der Waals surface area contributed by atoms with E-state index >= 15 is 0 Å². The average molecular weight is 560 g/mol. The molecule has 0 bridgehead atoms. The van der Waals surface area contributed by atoms with E-state index in [0.717, 1.165) is 44.8 Å². The number of anilines is 1. The largest absolute Gasteiger partial charge is 0.490 e. The minimum atomic E-state index is -0.498. The van der Waals surface area contributed by atoms with Crippen molar-refractivity contribution in [2.45, 2.75) is 58.0 Å². The number of aromatic nitrogens is 2. The van der Waals surface area contributed by atoms with E-state index in [1.165, 1.54) is 35.7 Å². The number of ether oxygens (including phenoxy) is 3. The molecule has 1 aliphatic carbocycles. The summed E-state index contributed by atoms with van der Waals surface area (Å²) in [7, 11) is 0. The number of nitrogens with zero attached hydrogens (tertiary/aromatic N) is 4. The summed E-state index contributed by atoms with van der Waals surface area (Å²) < 4.78 is 32.6. The van der Waals surface area contributed by atoms with E-state index in [2.05, 4.69) is 38.4 Å². The van der Waals surface area contributed by atoms with E-state index in [9.17, 15) is 9.18 Å². The van der Waals surface area contributed by atoms with Gasteiger partial charge in [0.05, 0.1) is 37.1 Å². The molecule has 7 rings (SSSR count). The highest BCUT2D eigenvalue weighted by atomic mass is 19.1. The number of carbonyl (C=O) groups is 1. The van der Waals surface area contributed by atoms with E-state index in [1.54, 1.807) is 11.1 Å². The maximum Gasteiger partial charge on any atom is 0.258 e. The Morgan fingerprint density at radius 2 is 1.88 bits per heavy atom. The van der Waals surface area contributed by atoms with Crippen LogP contribution < -0.4 is 19.7 Å². The number of fused-ring (bicyclic) bond motifs is 1. The molecule has 1 N–H and O–H groups in total. The Morgan fingerprint density at radius 3 is 2.68 bits per heavy atom. The van der Waals surface area contributed by atoms with Gasteiger partial charge in [0.15, 0.2) is 11.6 Å². The van der Waals surface area contributed by atoms with Gasteiger partial charge in [-0.1, -0.05) is 12.1 Å². The molecule has 1 saturated carbocycles. The van der Waals surface area contributed by atoms with Crippen LogP contribution in [0.5, 0.6) is 17.2 Å². The van der Waals surface area contributed by atoms with Gasteiger partial charge < -0.3 is 29.3 Å². The molecule has 4 aliphatic rings. The lowest BCUT2D eigenvalue weighted by Crippen LogP contribution is -2.65. The Morgan fingerprint density at radius 1 is 1.07 bits per heavy atom. The van der Waals surface area contributed by atoms with E-state index in [4.69, 9.17) is 14.2 Å². The zero-order valence-electron chi connectivity index (χ0n) is 23.3. The summed E-state index contributed by atoms with van der Waals surface area (Å²) in [4.78, 5) is 26.2. The maximum absolute atomic E-state index is 14.3. The molecule has 3 fully saturated rings. The molecule has 0 radical (unpaired) electrons. The first-order valence-electron chi connectivity index (χ1n) is 14.3. The normalized spacial score (nSPS) is 23.1. The van der Waals surface area contributed by atoms with E-state index < -0.39 is 5.82 Å². The monoisotopic (exact) mass is 559 g/mol. The lowest BCUT2D eigenvalue weighted by molar-refractivity contribution is -0.0348. The van der Waals surface area contributed by atoms with Crippen molar-refractivity contribution in [3.8, 4) is 17.2 Å². The van der Waals surface area contributed by atoms with Crippen molar-refractivity contribution in [3.63, 3.8) is 0 Å². The van der Waals surface area contributed by atoms with Gasteiger partial charge in [-0.3, -0.25) is 4.79 Å². The molecule has 9 nitrogen and oxygen atoms in total. The molecule has 214 valence electrons. The van der Waals surface area contributed by atoms with Crippen LogP contribution in [0.4, 0.5) is 10.2 Å². The quantitative estimate of drug-likeness (QED) is 0.478. The van der Waals surface area contributed by atoms with Gasteiger partial charge in [-0.05, 0) is 56.5 Å². The fourth-order valence-corrected chi connectivity index (χ4v) is 6.79. The van der Waals surface area contributed by atoms with Gasteiger partial charge in [0, 0.05) is 37.2 Å². The fourth-order valence-electron chi connectivity index (χ4n) is 6.79. The van der Waals surface area contributed by atoms with Crippen molar-refractivity contribution in [1.82, 2.24) is 20.2 Å². The SMILES string of the molecule is C[C@@H]1COC[C@@H](C)N1C(=O)c1cc(F)ccc1Oc1cncnc1N1CC2(CC(Oc3cccc4c3CNC4)C2)C1. The third-order valence-electron chi connectivity index (χ3n) is 8.77. The highest BCUT2D eigenvalue weighted by molar-refractivity contribution is 5.97. The summed E-state index contributed by atoms with van der Waals surface area (Å²) >= 11 is 0. The molecule has 1 amide bonds. The number of halogens is 1. The number of rotatable bonds is 6. The topological polar surface area (TPSA) is 89.0 Å². The number of hydrogen-bond donors (Lipinski definition) is 1. The van der Waals surface area contributed by atoms with Crippen molar-refractivity contribution in [1.29, 1.82) is 0 Å². The van der Waals surface area contributed by atoms with Gasteiger partial charge in [0.1, 0.15) is 29.7 Å². The smallest absolute Gasteiger partial charge is 0.258 e. The summed E-state index contributed by atoms with van der Waals surface area (Å²) in [6.07, 6.45) is 5.30. The fraction of sp³-hybridized carbons (Fsp3) is 0.452. The van der Waals surface area contributed by atoms with Crippen LogP contribution in [-0.2, 0) is 17.8 Å². The highest BCUT2D eigenvalue weighted by Gasteiger charge is 2.54. The zero-order chi connectivity index (χ0) is 28.1. The minimum absolute atomic E-state index is 0.134. The predicted octanol–water partition coefficient (Wildman–Crippen LogP) is 4.31. The van der Waals surface area contributed by atoms with Crippen molar-refractivity contribution in [2.75, 3.05) is 31.2 Å². The van der Waals surface area contributed by atoms with Crippen molar-refractivity contribution in [3.05, 3.63) is 71.4 Å². The van der Waals surface area contributed by atoms with Crippen LogP contribution in [0.15, 0.2) is 48.9 Å². The summed E-state index contributed by atoms with van der Waals surface area (Å²) in [6.45, 7) is 8.17. The second-order valence-electron chi connectivity index (χ2n) is 11.9. The van der Waals surface area contributed by atoms with Gasteiger partial charge in [0.2, 0.25) is 0 Å². The van der Waals surface area contributed by atoms with Crippen molar-refractivity contribution in [2.24, 2.45) is 5.41 Å². The molecule has 10 heteroatoms. The molecule has 1 spiro atoms. The molecule has 41 heavy (non-hydrogen) atoms. The van der Waals surface area contributed by atoms with Crippen LogP contribution in [0.2, 0.25) is 0 Å². The molecule has 1 aromatic heterocycles. The summed E-state index contributed by atoms with van der Waals surface area (Å²) in [5.74, 6) is 1.59. The van der Waals surface area contributed by atoms with Crippen LogP contribution in [0.1, 0.15) is 48.2 Å². The Balaban J connectivity index is 1.04. The van der Waals surface area contributed by atoms with Crippen LogP contribution >= 0.6 is 0 Å². The first-order valence-corrected chi connectivity index (χ1v) is 14.3. The van der Waals surface area contributed by atoms with Gasteiger partial charge >= 0.3 is 0 Å². The first-order chi connectivity index (χ1) is 19.9. The Bertz CT molecular complexity index is 1460. The third-order valence-corrected chi connectivity index (χ3v) is 8.77. The Kier molecular flexibility index (Phi) is 6.54. The standard InChI is InChI=1S/C31H34FN5O4/c1-19-14-39-15-20(2)37(19)30(38)24-8-22(32)6-7-27(24)41-28-13-34-18-35-29(28)36-16-31(17-36)9-23(10-31)40-26-5-3-4-21-11-33-12-25(21)26/h3-8,13,18-20,23,33H,9-12,14-17H2,1-2H3/t19-,20-/m1/s1. The van der Waals surface area contributed by atoms with Gasteiger partial charge in [-0.15, -0.1) is 0 Å². The Hall–Kier alpha value is -3.76.